The standard InChI is InChI=1S/C29H35ClN4O2/c1-18(2)31-27(35)17-34-28(22-5-4-6-24(30)13-22)32-26-8-7-21(14-25(26)29(34)36)23-11-20(12-23)16-33-10-9-19(3)15-33/h4-8,13-14,18-20,23H,9-12,15-17H2,1-3H3,(H,31,35)/t19-,20-,23+/m0/s1. The Balaban J connectivity index is 1.44. The Morgan fingerprint density at radius 1 is 1.19 bits per heavy atom. The van der Waals surface area contributed by atoms with Crippen LogP contribution < -0.4 is 10.9 Å². The molecule has 2 fully saturated rings. The van der Waals surface area contributed by atoms with E-state index >= 15 is 0 Å². The summed E-state index contributed by atoms with van der Waals surface area (Å²) in [5.74, 6) is 2.26. The molecule has 0 spiro atoms. The van der Waals surface area contributed by atoms with E-state index in [1.807, 2.05) is 38.1 Å². The summed E-state index contributed by atoms with van der Waals surface area (Å²) in [6.07, 6.45) is 3.64. The number of carbonyl (C=O) groups is 1. The predicted octanol–water partition coefficient (Wildman–Crippen LogP) is 5.08. The Kier molecular flexibility index (Phi) is 7.18. The molecular formula is C29H35ClN4O2. The molecule has 5 rings (SSSR count). The van der Waals surface area contributed by atoms with Gasteiger partial charge in [-0.25, -0.2) is 4.98 Å². The minimum Gasteiger partial charge on any atom is -0.352 e. The Labute approximate surface area is 217 Å². The maximum absolute atomic E-state index is 13.7. The Morgan fingerprint density at radius 3 is 2.69 bits per heavy atom. The lowest BCUT2D eigenvalue weighted by atomic mass is 9.71. The highest BCUT2D eigenvalue weighted by Crippen LogP contribution is 2.43. The van der Waals surface area contributed by atoms with Crippen LogP contribution in [0.4, 0.5) is 0 Å². The number of rotatable bonds is 7. The van der Waals surface area contributed by atoms with Gasteiger partial charge in [0, 0.05) is 29.7 Å². The maximum atomic E-state index is 13.7. The van der Waals surface area contributed by atoms with Gasteiger partial charge in [-0.15, -0.1) is 0 Å². The van der Waals surface area contributed by atoms with Crippen LogP contribution >= 0.6 is 11.6 Å². The average molecular weight is 507 g/mol. The predicted molar refractivity (Wildman–Crippen MR) is 145 cm³/mol. The van der Waals surface area contributed by atoms with Gasteiger partial charge in [-0.3, -0.25) is 14.2 Å². The monoisotopic (exact) mass is 506 g/mol. The third-order valence-corrected chi connectivity index (χ3v) is 7.78. The van der Waals surface area contributed by atoms with E-state index in [9.17, 15) is 9.59 Å². The van der Waals surface area contributed by atoms with Crippen LogP contribution in [0, 0.1) is 11.8 Å². The summed E-state index contributed by atoms with van der Waals surface area (Å²) in [5, 5.41) is 4.00. The number of halogens is 1. The molecule has 1 amide bonds. The van der Waals surface area contributed by atoms with Gasteiger partial charge in [0.25, 0.3) is 5.56 Å². The zero-order valence-electron chi connectivity index (χ0n) is 21.3. The second-order valence-corrected chi connectivity index (χ2v) is 11.5. The number of carbonyl (C=O) groups excluding carboxylic acids is 1. The number of nitrogens with one attached hydrogen (secondary N) is 1. The number of benzene rings is 2. The van der Waals surface area contributed by atoms with E-state index < -0.39 is 0 Å². The third-order valence-electron chi connectivity index (χ3n) is 7.54. The van der Waals surface area contributed by atoms with Crippen LogP contribution in [0.1, 0.15) is 51.5 Å². The van der Waals surface area contributed by atoms with E-state index in [-0.39, 0.29) is 24.1 Å². The number of likely N-dealkylation sites (tertiary alicyclic amines) is 1. The number of aromatic nitrogens is 2. The number of fused-ring (bicyclic) bond motifs is 1. The molecule has 1 N–H and O–H groups in total. The van der Waals surface area contributed by atoms with Crippen molar-refractivity contribution >= 4 is 28.4 Å². The second kappa shape index (κ2) is 10.3. The summed E-state index contributed by atoms with van der Waals surface area (Å²) in [7, 11) is 0. The molecule has 7 heteroatoms. The van der Waals surface area contributed by atoms with Crippen molar-refractivity contribution in [3.63, 3.8) is 0 Å². The van der Waals surface area contributed by atoms with Crippen molar-refractivity contribution in [1.82, 2.24) is 19.8 Å². The summed E-state index contributed by atoms with van der Waals surface area (Å²) in [6, 6.07) is 13.3. The highest BCUT2D eigenvalue weighted by Gasteiger charge is 2.33. The Bertz CT molecular complexity index is 1330. The van der Waals surface area contributed by atoms with Gasteiger partial charge in [0.2, 0.25) is 5.91 Å². The lowest BCUT2D eigenvalue weighted by Crippen LogP contribution is -2.37. The molecule has 6 nitrogen and oxygen atoms in total. The van der Waals surface area contributed by atoms with Gasteiger partial charge < -0.3 is 10.2 Å². The largest absolute Gasteiger partial charge is 0.352 e. The molecule has 36 heavy (non-hydrogen) atoms. The molecule has 1 saturated heterocycles. The van der Waals surface area contributed by atoms with Gasteiger partial charge in [0.05, 0.1) is 10.9 Å². The molecule has 3 aromatic rings. The van der Waals surface area contributed by atoms with Crippen molar-refractivity contribution < 1.29 is 4.79 Å². The van der Waals surface area contributed by atoms with Gasteiger partial charge in [-0.2, -0.15) is 0 Å². The average Bonchev–Trinajstić information content (AvgIpc) is 3.22. The molecule has 0 radical (unpaired) electrons. The molecule has 0 unspecified atom stereocenters. The van der Waals surface area contributed by atoms with E-state index in [0.29, 0.717) is 33.2 Å². The molecule has 1 atom stereocenters. The van der Waals surface area contributed by atoms with Crippen LogP contribution in [-0.4, -0.2) is 46.0 Å². The van der Waals surface area contributed by atoms with Crippen molar-refractivity contribution in [2.75, 3.05) is 19.6 Å². The van der Waals surface area contributed by atoms with E-state index in [1.54, 1.807) is 12.1 Å². The van der Waals surface area contributed by atoms with Crippen LogP contribution in [0.15, 0.2) is 47.3 Å². The fourth-order valence-electron chi connectivity index (χ4n) is 5.71. The molecule has 2 aromatic carbocycles. The normalized spacial score (nSPS) is 22.2. The first-order valence-electron chi connectivity index (χ1n) is 13.1. The molecule has 1 aliphatic heterocycles. The van der Waals surface area contributed by atoms with Gasteiger partial charge in [-0.1, -0.05) is 36.7 Å². The molecule has 2 aliphatic rings. The number of hydrogen-bond acceptors (Lipinski definition) is 4. The summed E-state index contributed by atoms with van der Waals surface area (Å²) in [4.78, 5) is 33.8. The third kappa shape index (κ3) is 5.35. The topological polar surface area (TPSA) is 67.2 Å². The van der Waals surface area contributed by atoms with Crippen molar-refractivity contribution in [2.45, 2.75) is 58.5 Å². The van der Waals surface area contributed by atoms with Gasteiger partial charge in [0.15, 0.2) is 0 Å². The van der Waals surface area contributed by atoms with Crippen molar-refractivity contribution in [3.05, 3.63) is 63.4 Å². The summed E-state index contributed by atoms with van der Waals surface area (Å²) < 4.78 is 1.48. The van der Waals surface area contributed by atoms with E-state index in [0.717, 1.165) is 24.7 Å². The first-order valence-corrected chi connectivity index (χ1v) is 13.5. The highest BCUT2D eigenvalue weighted by molar-refractivity contribution is 6.30. The number of hydrogen-bond donors (Lipinski definition) is 1. The highest BCUT2D eigenvalue weighted by atomic mass is 35.5. The van der Waals surface area contributed by atoms with E-state index in [1.165, 1.54) is 36.2 Å². The summed E-state index contributed by atoms with van der Waals surface area (Å²) in [5.41, 5.74) is 2.35. The zero-order valence-corrected chi connectivity index (χ0v) is 22.1. The zero-order chi connectivity index (χ0) is 25.4. The molecular weight excluding hydrogens is 472 g/mol. The van der Waals surface area contributed by atoms with E-state index in [4.69, 9.17) is 16.6 Å². The van der Waals surface area contributed by atoms with Crippen LogP contribution in [0.25, 0.3) is 22.3 Å². The van der Waals surface area contributed by atoms with Crippen LogP contribution in [0.3, 0.4) is 0 Å². The van der Waals surface area contributed by atoms with Crippen LogP contribution in [-0.2, 0) is 11.3 Å². The number of nitrogens with zero attached hydrogens (tertiary/aromatic N) is 3. The van der Waals surface area contributed by atoms with Gasteiger partial charge in [-0.05, 0) is 87.2 Å². The minimum absolute atomic E-state index is 0.0156. The van der Waals surface area contributed by atoms with E-state index in [2.05, 4.69) is 23.2 Å². The van der Waals surface area contributed by atoms with Crippen LogP contribution in [0.2, 0.25) is 5.02 Å². The Hall–Kier alpha value is -2.70. The second-order valence-electron chi connectivity index (χ2n) is 11.0. The molecule has 1 aliphatic carbocycles. The van der Waals surface area contributed by atoms with Crippen molar-refractivity contribution in [2.24, 2.45) is 11.8 Å². The first kappa shape index (κ1) is 25.0. The number of amides is 1. The molecule has 190 valence electrons. The van der Waals surface area contributed by atoms with Crippen molar-refractivity contribution in [3.8, 4) is 11.4 Å². The maximum Gasteiger partial charge on any atom is 0.262 e. The molecule has 0 bridgehead atoms. The SMILES string of the molecule is CC(C)NC(=O)Cn1c(-c2cccc(Cl)c2)nc2ccc([C@H]3C[C@@H](CN4CC[C@H](C)C4)C3)cc2c1=O. The fraction of sp³-hybridized carbons (Fsp3) is 0.483. The molecule has 1 saturated carbocycles. The van der Waals surface area contributed by atoms with Crippen LogP contribution in [0.5, 0.6) is 0 Å². The summed E-state index contributed by atoms with van der Waals surface area (Å²) in [6.45, 7) is 9.69. The minimum atomic E-state index is -0.217. The lowest BCUT2D eigenvalue weighted by molar-refractivity contribution is -0.122. The molecule has 1 aromatic heterocycles. The summed E-state index contributed by atoms with van der Waals surface area (Å²) >= 11 is 6.23. The smallest absolute Gasteiger partial charge is 0.262 e. The quantitative estimate of drug-likeness (QED) is 0.485. The van der Waals surface area contributed by atoms with Gasteiger partial charge in [0.1, 0.15) is 12.4 Å². The van der Waals surface area contributed by atoms with Gasteiger partial charge >= 0.3 is 0 Å². The lowest BCUT2D eigenvalue weighted by Gasteiger charge is -2.38. The fourth-order valence-corrected chi connectivity index (χ4v) is 5.90. The van der Waals surface area contributed by atoms with Crippen molar-refractivity contribution in [1.29, 1.82) is 0 Å². The first-order chi connectivity index (χ1) is 17.3. The Morgan fingerprint density at radius 2 is 2.00 bits per heavy atom. The molecule has 2 heterocycles.